The molecule has 1 aliphatic rings. The fourth-order valence-electron chi connectivity index (χ4n) is 2.70. The minimum absolute atomic E-state index is 0.0763. The number of carboxylic acids is 1. The first-order valence-electron chi connectivity index (χ1n) is 8.11. The topological polar surface area (TPSA) is 97.2 Å². The Morgan fingerprint density at radius 3 is 2.75 bits per heavy atom. The number of hydrogen-bond acceptors (Lipinski definition) is 6. The normalized spacial score (nSPS) is 15.0. The van der Waals surface area contributed by atoms with Gasteiger partial charge in [0.25, 0.3) is 0 Å². The molecule has 0 unspecified atom stereocenters. The largest absolute Gasteiger partial charge is 0.476 e. The smallest absolute Gasteiger partial charge is 0.356 e. The molecule has 0 aliphatic heterocycles. The molecule has 7 heteroatoms. The van der Waals surface area contributed by atoms with Crippen LogP contribution >= 0.6 is 0 Å². The van der Waals surface area contributed by atoms with Gasteiger partial charge < -0.3 is 15.2 Å². The number of hydrogen-bond donors (Lipinski definition) is 2. The van der Waals surface area contributed by atoms with Crippen molar-refractivity contribution in [3.8, 4) is 5.88 Å². The maximum atomic E-state index is 10.7. The molecule has 2 aromatic heterocycles. The lowest BCUT2D eigenvalue weighted by atomic mass is 9.98. The van der Waals surface area contributed by atoms with E-state index in [0.29, 0.717) is 18.2 Å². The first kappa shape index (κ1) is 16.2. The third-order valence-electron chi connectivity index (χ3n) is 3.98. The lowest BCUT2D eigenvalue weighted by molar-refractivity contribution is 0.0690. The summed E-state index contributed by atoms with van der Waals surface area (Å²) < 4.78 is 5.96. The second-order valence-electron chi connectivity index (χ2n) is 5.83. The van der Waals surface area contributed by atoms with Gasteiger partial charge in [0, 0.05) is 18.8 Å². The first-order valence-corrected chi connectivity index (χ1v) is 8.11. The van der Waals surface area contributed by atoms with Crippen LogP contribution in [0.1, 0.15) is 48.2 Å². The molecule has 1 aliphatic carbocycles. The van der Waals surface area contributed by atoms with Gasteiger partial charge in [-0.1, -0.05) is 6.42 Å². The Labute approximate surface area is 140 Å². The number of ether oxygens (including phenoxy) is 1. The van der Waals surface area contributed by atoms with E-state index in [1.165, 1.54) is 31.7 Å². The fourth-order valence-corrected chi connectivity index (χ4v) is 2.70. The zero-order chi connectivity index (χ0) is 16.8. The zero-order valence-corrected chi connectivity index (χ0v) is 13.3. The third-order valence-corrected chi connectivity index (χ3v) is 3.98. The van der Waals surface area contributed by atoms with Crippen LogP contribution in [-0.2, 0) is 6.54 Å². The number of aromatic nitrogens is 3. The molecule has 0 bridgehead atoms. The van der Waals surface area contributed by atoms with Crippen LogP contribution in [0.4, 0.5) is 5.82 Å². The molecule has 7 nitrogen and oxygen atoms in total. The first-order chi connectivity index (χ1) is 11.7. The van der Waals surface area contributed by atoms with Crippen molar-refractivity contribution in [3.05, 3.63) is 42.0 Å². The molecular formula is C17H20N4O3. The van der Waals surface area contributed by atoms with E-state index in [1.54, 1.807) is 6.20 Å². The molecule has 3 rings (SSSR count). The summed E-state index contributed by atoms with van der Waals surface area (Å²) in [4.78, 5) is 22.9. The number of anilines is 1. The van der Waals surface area contributed by atoms with E-state index in [4.69, 9.17) is 9.84 Å². The standard InChI is InChI=1S/C17H20N4O3/c22-17(23)14-10-21-15(11-19-14)20-9-12-6-7-18-16(8-12)24-13-4-2-1-3-5-13/h6-8,10-11,13H,1-5,9H2,(H,20,21)(H,22,23). The Hall–Kier alpha value is -2.70. The van der Waals surface area contributed by atoms with Gasteiger partial charge in [-0.25, -0.2) is 19.7 Å². The maximum absolute atomic E-state index is 10.7. The number of rotatable bonds is 6. The van der Waals surface area contributed by atoms with Crippen molar-refractivity contribution in [3.63, 3.8) is 0 Å². The average Bonchev–Trinajstić information content (AvgIpc) is 2.61. The fraction of sp³-hybridized carbons (Fsp3) is 0.412. The van der Waals surface area contributed by atoms with Crippen LogP contribution in [0.15, 0.2) is 30.7 Å². The van der Waals surface area contributed by atoms with Gasteiger partial charge in [-0.3, -0.25) is 0 Å². The van der Waals surface area contributed by atoms with Crippen molar-refractivity contribution in [2.45, 2.75) is 44.8 Å². The van der Waals surface area contributed by atoms with E-state index >= 15 is 0 Å². The molecule has 126 valence electrons. The number of carboxylic acid groups (broad SMARTS) is 1. The Bertz CT molecular complexity index is 684. The molecule has 2 N–H and O–H groups in total. The Kier molecular flexibility index (Phi) is 5.20. The lowest BCUT2D eigenvalue weighted by Gasteiger charge is -2.22. The predicted octanol–water partition coefficient (Wildman–Crippen LogP) is 2.89. The highest BCUT2D eigenvalue weighted by atomic mass is 16.5. The van der Waals surface area contributed by atoms with Crippen LogP contribution in [0, 0.1) is 0 Å². The van der Waals surface area contributed by atoms with Gasteiger partial charge in [-0.2, -0.15) is 0 Å². The summed E-state index contributed by atoms with van der Waals surface area (Å²) in [6.07, 6.45) is 10.6. The van der Waals surface area contributed by atoms with Crippen LogP contribution < -0.4 is 10.1 Å². The Morgan fingerprint density at radius 1 is 1.21 bits per heavy atom. The zero-order valence-electron chi connectivity index (χ0n) is 13.3. The molecule has 0 spiro atoms. The summed E-state index contributed by atoms with van der Waals surface area (Å²) in [5, 5.41) is 11.9. The summed E-state index contributed by atoms with van der Waals surface area (Å²) in [6, 6.07) is 3.82. The van der Waals surface area contributed by atoms with E-state index < -0.39 is 5.97 Å². The second-order valence-corrected chi connectivity index (χ2v) is 5.83. The van der Waals surface area contributed by atoms with Crippen LogP contribution in [0.3, 0.4) is 0 Å². The monoisotopic (exact) mass is 328 g/mol. The van der Waals surface area contributed by atoms with E-state index in [-0.39, 0.29) is 11.8 Å². The number of nitrogens with one attached hydrogen (secondary N) is 1. The van der Waals surface area contributed by atoms with Crippen molar-refractivity contribution >= 4 is 11.8 Å². The highest BCUT2D eigenvalue weighted by Gasteiger charge is 2.15. The minimum Gasteiger partial charge on any atom is -0.476 e. The molecule has 0 aromatic carbocycles. The summed E-state index contributed by atoms with van der Waals surface area (Å²) in [6.45, 7) is 0.532. The maximum Gasteiger partial charge on any atom is 0.356 e. The van der Waals surface area contributed by atoms with Gasteiger partial charge in [-0.15, -0.1) is 0 Å². The van der Waals surface area contributed by atoms with Crippen molar-refractivity contribution in [2.75, 3.05) is 5.32 Å². The average molecular weight is 328 g/mol. The molecule has 0 saturated heterocycles. The van der Waals surface area contributed by atoms with Gasteiger partial charge >= 0.3 is 5.97 Å². The van der Waals surface area contributed by atoms with Crippen LogP contribution in [-0.4, -0.2) is 32.1 Å². The van der Waals surface area contributed by atoms with Crippen LogP contribution in [0.2, 0.25) is 0 Å². The van der Waals surface area contributed by atoms with Crippen molar-refractivity contribution in [1.29, 1.82) is 0 Å². The third kappa shape index (κ3) is 4.41. The molecular weight excluding hydrogens is 308 g/mol. The Morgan fingerprint density at radius 2 is 2.04 bits per heavy atom. The molecule has 0 radical (unpaired) electrons. The summed E-state index contributed by atoms with van der Waals surface area (Å²) in [7, 11) is 0. The van der Waals surface area contributed by atoms with Gasteiger partial charge in [0.1, 0.15) is 11.9 Å². The molecule has 1 fully saturated rings. The number of aromatic carboxylic acids is 1. The van der Waals surface area contributed by atoms with E-state index in [0.717, 1.165) is 18.4 Å². The predicted molar refractivity (Wildman–Crippen MR) is 88.1 cm³/mol. The lowest BCUT2D eigenvalue weighted by Crippen LogP contribution is -2.20. The summed E-state index contributed by atoms with van der Waals surface area (Å²) >= 11 is 0. The van der Waals surface area contributed by atoms with Crippen LogP contribution in [0.5, 0.6) is 5.88 Å². The Balaban J connectivity index is 1.56. The highest BCUT2D eigenvalue weighted by molar-refractivity contribution is 5.84. The molecule has 0 amide bonds. The number of pyridine rings is 1. The van der Waals surface area contributed by atoms with Gasteiger partial charge in [0.15, 0.2) is 5.69 Å². The second kappa shape index (κ2) is 7.72. The molecule has 0 atom stereocenters. The highest BCUT2D eigenvalue weighted by Crippen LogP contribution is 2.22. The van der Waals surface area contributed by atoms with Gasteiger partial charge in [0.05, 0.1) is 12.4 Å². The van der Waals surface area contributed by atoms with Crippen molar-refractivity contribution in [2.24, 2.45) is 0 Å². The molecule has 2 heterocycles. The van der Waals surface area contributed by atoms with Gasteiger partial charge in [-0.05, 0) is 37.3 Å². The van der Waals surface area contributed by atoms with Crippen molar-refractivity contribution in [1.82, 2.24) is 15.0 Å². The van der Waals surface area contributed by atoms with E-state index in [2.05, 4.69) is 20.3 Å². The number of carbonyl (C=O) groups is 1. The summed E-state index contributed by atoms with van der Waals surface area (Å²) in [5.74, 6) is 0.0766. The van der Waals surface area contributed by atoms with Crippen molar-refractivity contribution < 1.29 is 14.6 Å². The van der Waals surface area contributed by atoms with E-state index in [9.17, 15) is 4.79 Å². The number of nitrogens with zero attached hydrogens (tertiary/aromatic N) is 3. The SMILES string of the molecule is O=C(O)c1cnc(NCc2ccnc(OC3CCCCC3)c2)cn1. The quantitative estimate of drug-likeness (QED) is 0.841. The minimum atomic E-state index is -1.09. The summed E-state index contributed by atoms with van der Waals surface area (Å²) in [5.41, 5.74) is 0.938. The van der Waals surface area contributed by atoms with E-state index in [1.807, 2.05) is 12.1 Å². The molecule has 24 heavy (non-hydrogen) atoms. The van der Waals surface area contributed by atoms with Gasteiger partial charge in [0.2, 0.25) is 5.88 Å². The molecule has 2 aromatic rings. The molecule has 1 saturated carbocycles. The van der Waals surface area contributed by atoms with Crippen LogP contribution in [0.25, 0.3) is 0 Å².